The first kappa shape index (κ1) is 33.8. The molecule has 0 spiro atoms. The molecule has 1 aliphatic carbocycles. The number of allylic oxidation sites excluding steroid dienone is 2. The number of Topliss-reactive ketones (excluding diaryl/α,β-unsaturated/α-hetero) is 1. The molecule has 9 nitrogen and oxygen atoms in total. The van der Waals surface area contributed by atoms with Crippen LogP contribution in [0.15, 0.2) is 48.6 Å². The molecule has 0 aliphatic heterocycles. The Morgan fingerprint density at radius 2 is 1.85 bits per heavy atom. The van der Waals surface area contributed by atoms with Crippen LogP contribution in [-0.4, -0.2) is 83.0 Å². The van der Waals surface area contributed by atoms with Crippen LogP contribution in [0.1, 0.15) is 56.1 Å². The lowest BCUT2D eigenvalue weighted by Gasteiger charge is -2.26. The molecule has 1 aliphatic rings. The Bertz CT molecular complexity index is 946. The van der Waals surface area contributed by atoms with Gasteiger partial charge < -0.3 is 35.0 Å². The molecule has 0 amide bonds. The van der Waals surface area contributed by atoms with Gasteiger partial charge in [-0.1, -0.05) is 48.6 Å². The minimum Gasteiger partial charge on any atom is -0.465 e. The molecule has 0 bridgehead atoms. The maximum atomic E-state index is 12.5. The highest BCUT2D eigenvalue weighted by atomic mass is 16.5. The summed E-state index contributed by atoms with van der Waals surface area (Å²) in [5, 5.41) is 48.7. The van der Waals surface area contributed by atoms with Gasteiger partial charge in [0, 0.05) is 31.8 Å². The van der Waals surface area contributed by atoms with Crippen molar-refractivity contribution in [3.8, 4) is 0 Å². The van der Waals surface area contributed by atoms with Crippen molar-refractivity contribution in [1.29, 1.82) is 0 Å². The van der Waals surface area contributed by atoms with E-state index in [1.165, 1.54) is 5.56 Å². The molecule has 4 atom stereocenters. The summed E-state index contributed by atoms with van der Waals surface area (Å²) >= 11 is 0. The van der Waals surface area contributed by atoms with E-state index in [4.69, 9.17) is 9.47 Å². The number of aliphatic hydroxyl groups is 5. The largest absolute Gasteiger partial charge is 0.465 e. The number of aryl methyl sites for hydroxylation is 1. The minimum absolute atomic E-state index is 0.000872. The lowest BCUT2D eigenvalue weighted by molar-refractivity contribution is -0.151. The fraction of sp³-hybridized carbons (Fsp3) is 0.613. The van der Waals surface area contributed by atoms with E-state index in [0.29, 0.717) is 32.3 Å². The second-order valence-corrected chi connectivity index (χ2v) is 10.8. The maximum absolute atomic E-state index is 12.5. The molecule has 1 fully saturated rings. The molecule has 1 saturated carbocycles. The van der Waals surface area contributed by atoms with Gasteiger partial charge in [0.25, 0.3) is 0 Å². The summed E-state index contributed by atoms with van der Waals surface area (Å²) in [5.74, 6) is -1.18. The standard InChI is InChI=1S/C31H46O9/c1-39-18-24-10-6-8-23(16-24)9-7-11-25(35)14-15-27-26(28(36)17-29(27)37)12-4-2-3-5-13-30(38)40-22-31(19-32,20-33)21-34/h2,4,6,8,10,14-16,25-27,29,32-35,37H,3,5,7,9,11-13,17-22H2,1H3/b4-2-,15-14+/t25-,26+,27+,29+/m0/s1. The number of hydrogen-bond acceptors (Lipinski definition) is 9. The number of carbonyl (C=O) groups excluding carboxylic acids is 2. The van der Waals surface area contributed by atoms with E-state index in [9.17, 15) is 35.1 Å². The number of benzene rings is 1. The lowest BCUT2D eigenvalue weighted by Crippen LogP contribution is -2.39. The van der Waals surface area contributed by atoms with E-state index in [1.807, 2.05) is 24.3 Å². The summed E-state index contributed by atoms with van der Waals surface area (Å²) in [6, 6.07) is 8.19. The van der Waals surface area contributed by atoms with E-state index in [2.05, 4.69) is 12.1 Å². The van der Waals surface area contributed by atoms with Crippen LogP contribution in [-0.2, 0) is 32.1 Å². The number of unbranched alkanes of at least 4 members (excludes halogenated alkanes) is 1. The van der Waals surface area contributed by atoms with Gasteiger partial charge in [0.1, 0.15) is 12.4 Å². The molecular weight excluding hydrogens is 516 g/mol. The predicted octanol–water partition coefficient (Wildman–Crippen LogP) is 2.26. The Balaban J connectivity index is 1.73. The van der Waals surface area contributed by atoms with Gasteiger partial charge in [-0.25, -0.2) is 0 Å². The number of hydrogen-bond donors (Lipinski definition) is 5. The zero-order valence-corrected chi connectivity index (χ0v) is 23.5. The Kier molecular flexibility index (Phi) is 15.3. The number of methoxy groups -OCH3 is 1. The van der Waals surface area contributed by atoms with Crippen molar-refractivity contribution < 1.29 is 44.6 Å². The molecule has 0 heterocycles. The average molecular weight is 563 g/mol. The van der Waals surface area contributed by atoms with Gasteiger partial charge in [-0.3, -0.25) is 9.59 Å². The van der Waals surface area contributed by atoms with Gasteiger partial charge in [0.2, 0.25) is 0 Å². The third-order valence-corrected chi connectivity index (χ3v) is 7.41. The second kappa shape index (κ2) is 18.1. The first-order chi connectivity index (χ1) is 19.3. The molecule has 2 rings (SSSR count). The number of carbonyl (C=O) groups is 2. The van der Waals surface area contributed by atoms with Crippen LogP contribution >= 0.6 is 0 Å². The molecule has 0 radical (unpaired) electrons. The van der Waals surface area contributed by atoms with Crippen LogP contribution in [0.4, 0.5) is 0 Å². The first-order valence-corrected chi connectivity index (χ1v) is 14.0. The van der Waals surface area contributed by atoms with Crippen LogP contribution in [0.3, 0.4) is 0 Å². The molecule has 0 unspecified atom stereocenters. The SMILES string of the molecule is COCc1cccc(CCC[C@H](O)/C=C/[C@H]2[C@H](O)CC(=O)[C@@H]2C/C=C\CCCC(=O)OCC(CO)(CO)CO)c1. The third-order valence-electron chi connectivity index (χ3n) is 7.41. The van der Waals surface area contributed by atoms with E-state index in [0.717, 1.165) is 18.4 Å². The van der Waals surface area contributed by atoms with Gasteiger partial charge >= 0.3 is 5.97 Å². The molecule has 9 heteroatoms. The number of ether oxygens (including phenoxy) is 2. The van der Waals surface area contributed by atoms with Gasteiger partial charge in [-0.05, 0) is 49.7 Å². The summed E-state index contributed by atoms with van der Waals surface area (Å²) in [6.07, 6.45) is 9.87. The van der Waals surface area contributed by atoms with Crippen molar-refractivity contribution in [2.45, 2.75) is 70.2 Å². The normalized spacial score (nSPS) is 20.6. The molecular formula is C31H46O9. The topological polar surface area (TPSA) is 154 Å². The molecule has 224 valence electrons. The molecule has 1 aromatic rings. The van der Waals surface area contributed by atoms with E-state index < -0.39 is 43.4 Å². The van der Waals surface area contributed by atoms with Crippen molar-refractivity contribution in [2.75, 3.05) is 33.5 Å². The Labute approximate surface area is 237 Å². The van der Waals surface area contributed by atoms with Crippen molar-refractivity contribution in [1.82, 2.24) is 0 Å². The van der Waals surface area contributed by atoms with Crippen LogP contribution in [0, 0.1) is 17.3 Å². The fourth-order valence-corrected chi connectivity index (χ4v) is 4.75. The number of ketones is 1. The van der Waals surface area contributed by atoms with Crippen molar-refractivity contribution >= 4 is 11.8 Å². The van der Waals surface area contributed by atoms with Gasteiger partial charge in [-0.15, -0.1) is 0 Å². The third kappa shape index (κ3) is 11.2. The van der Waals surface area contributed by atoms with Crippen molar-refractivity contribution in [3.63, 3.8) is 0 Å². The molecule has 40 heavy (non-hydrogen) atoms. The van der Waals surface area contributed by atoms with Crippen LogP contribution in [0.2, 0.25) is 0 Å². The predicted molar refractivity (Wildman–Crippen MR) is 150 cm³/mol. The summed E-state index contributed by atoms with van der Waals surface area (Å²) in [5.41, 5.74) is 1.07. The Morgan fingerprint density at radius 3 is 2.55 bits per heavy atom. The van der Waals surface area contributed by atoms with Crippen LogP contribution in [0.25, 0.3) is 0 Å². The number of aliphatic hydroxyl groups excluding tert-OH is 5. The maximum Gasteiger partial charge on any atom is 0.305 e. The zero-order chi connectivity index (χ0) is 29.4. The summed E-state index contributed by atoms with van der Waals surface area (Å²) in [4.78, 5) is 24.4. The second-order valence-electron chi connectivity index (χ2n) is 10.8. The smallest absolute Gasteiger partial charge is 0.305 e. The monoisotopic (exact) mass is 562 g/mol. The molecule has 0 saturated heterocycles. The Hall–Kier alpha value is -2.40. The summed E-state index contributed by atoms with van der Waals surface area (Å²) in [6.45, 7) is -1.18. The molecule has 0 aromatic heterocycles. The van der Waals surface area contributed by atoms with E-state index in [-0.39, 0.29) is 37.1 Å². The quantitative estimate of drug-likeness (QED) is 0.0970. The van der Waals surface area contributed by atoms with Gasteiger partial charge in [-0.2, -0.15) is 0 Å². The van der Waals surface area contributed by atoms with Gasteiger partial charge in [0.05, 0.1) is 44.1 Å². The van der Waals surface area contributed by atoms with Crippen molar-refractivity contribution in [2.24, 2.45) is 17.3 Å². The lowest BCUT2D eigenvalue weighted by atomic mass is 9.90. The van der Waals surface area contributed by atoms with Crippen molar-refractivity contribution in [3.05, 3.63) is 59.7 Å². The summed E-state index contributed by atoms with van der Waals surface area (Å²) < 4.78 is 10.2. The van der Waals surface area contributed by atoms with E-state index in [1.54, 1.807) is 19.3 Å². The number of rotatable bonds is 19. The van der Waals surface area contributed by atoms with E-state index >= 15 is 0 Å². The minimum atomic E-state index is -1.24. The van der Waals surface area contributed by atoms with Crippen LogP contribution in [0.5, 0.6) is 0 Å². The number of esters is 1. The summed E-state index contributed by atoms with van der Waals surface area (Å²) in [7, 11) is 1.67. The highest BCUT2D eigenvalue weighted by molar-refractivity contribution is 5.84. The highest BCUT2D eigenvalue weighted by Crippen LogP contribution is 2.33. The highest BCUT2D eigenvalue weighted by Gasteiger charge is 2.39. The average Bonchev–Trinajstić information content (AvgIpc) is 3.22. The van der Waals surface area contributed by atoms with Crippen LogP contribution < -0.4 is 0 Å². The Morgan fingerprint density at radius 1 is 1.12 bits per heavy atom. The molecule has 5 N–H and O–H groups in total. The first-order valence-electron chi connectivity index (χ1n) is 14.0. The zero-order valence-electron chi connectivity index (χ0n) is 23.5. The van der Waals surface area contributed by atoms with Gasteiger partial charge in [0.15, 0.2) is 0 Å². The fourth-order valence-electron chi connectivity index (χ4n) is 4.75. The molecule has 1 aromatic carbocycles.